The second kappa shape index (κ2) is 7.31. The van der Waals surface area contributed by atoms with Gasteiger partial charge in [-0.3, -0.25) is 4.79 Å². The van der Waals surface area contributed by atoms with Gasteiger partial charge in [0.15, 0.2) is 0 Å². The average Bonchev–Trinajstić information content (AvgIpc) is 2.77. The number of ether oxygens (including phenoxy) is 2. The van der Waals surface area contributed by atoms with E-state index in [1.807, 2.05) is 12.1 Å². The molecular formula is C25H30N2O3. The first-order valence-corrected chi connectivity index (χ1v) is 10.8. The molecule has 0 N–H and O–H groups in total. The molecule has 30 heavy (non-hydrogen) atoms. The molecule has 5 rings (SSSR count). The number of piperidine rings is 2. The topological polar surface area (TPSA) is 42.0 Å². The van der Waals surface area contributed by atoms with Crippen LogP contribution in [0.15, 0.2) is 42.5 Å². The minimum absolute atomic E-state index is 0.0627. The SMILES string of the molecule is COc1ccc(CN2C[C@H]3[C@H]4Cc5ccc(OC)cc5[C@@]3(CCN4C)CC2=O)cc1. The number of amides is 1. The second-order valence-corrected chi connectivity index (χ2v) is 9.09. The second-order valence-electron chi connectivity index (χ2n) is 9.09. The Kier molecular flexibility index (Phi) is 4.73. The van der Waals surface area contributed by atoms with Crippen molar-refractivity contribution in [3.8, 4) is 11.5 Å². The van der Waals surface area contributed by atoms with Crippen molar-refractivity contribution in [3.05, 3.63) is 59.2 Å². The molecule has 1 aliphatic carbocycles. The number of carbonyl (C=O) groups excluding carboxylic acids is 1. The monoisotopic (exact) mass is 406 g/mol. The summed E-state index contributed by atoms with van der Waals surface area (Å²) >= 11 is 0. The maximum atomic E-state index is 13.4. The summed E-state index contributed by atoms with van der Waals surface area (Å²) in [6.45, 7) is 2.52. The van der Waals surface area contributed by atoms with Crippen molar-refractivity contribution in [3.63, 3.8) is 0 Å². The molecule has 2 heterocycles. The maximum absolute atomic E-state index is 13.4. The lowest BCUT2D eigenvalue weighted by Crippen LogP contribution is -2.65. The number of likely N-dealkylation sites (tertiary alicyclic amines) is 2. The zero-order valence-corrected chi connectivity index (χ0v) is 18.1. The van der Waals surface area contributed by atoms with Crippen LogP contribution in [0.5, 0.6) is 11.5 Å². The van der Waals surface area contributed by atoms with Crippen LogP contribution >= 0.6 is 0 Å². The van der Waals surface area contributed by atoms with Crippen LogP contribution < -0.4 is 9.47 Å². The number of rotatable bonds is 4. The summed E-state index contributed by atoms with van der Waals surface area (Å²) in [6.07, 6.45) is 2.68. The summed E-state index contributed by atoms with van der Waals surface area (Å²) in [5.41, 5.74) is 3.83. The van der Waals surface area contributed by atoms with Crippen LogP contribution in [-0.4, -0.2) is 56.1 Å². The molecule has 1 amide bonds. The number of benzene rings is 2. The van der Waals surface area contributed by atoms with E-state index in [1.165, 1.54) is 11.1 Å². The van der Waals surface area contributed by atoms with E-state index >= 15 is 0 Å². The number of methoxy groups -OCH3 is 2. The zero-order valence-electron chi connectivity index (χ0n) is 18.1. The number of nitrogens with zero attached hydrogens (tertiary/aromatic N) is 2. The number of fused-ring (bicyclic) bond motifs is 1. The largest absolute Gasteiger partial charge is 0.497 e. The van der Waals surface area contributed by atoms with Gasteiger partial charge < -0.3 is 19.3 Å². The number of hydrogen-bond acceptors (Lipinski definition) is 4. The molecule has 2 aromatic rings. The van der Waals surface area contributed by atoms with E-state index in [9.17, 15) is 4.79 Å². The van der Waals surface area contributed by atoms with Crippen molar-refractivity contribution in [1.82, 2.24) is 9.80 Å². The van der Waals surface area contributed by atoms with Crippen LogP contribution in [0.25, 0.3) is 0 Å². The third-order valence-corrected chi connectivity index (χ3v) is 7.70. The predicted molar refractivity (Wildman–Crippen MR) is 116 cm³/mol. The van der Waals surface area contributed by atoms with Crippen molar-refractivity contribution in [2.45, 2.75) is 37.3 Å². The smallest absolute Gasteiger partial charge is 0.223 e. The van der Waals surface area contributed by atoms with E-state index in [0.29, 0.717) is 24.9 Å². The molecule has 0 aromatic heterocycles. The maximum Gasteiger partial charge on any atom is 0.223 e. The fraction of sp³-hybridized carbons (Fsp3) is 0.480. The van der Waals surface area contributed by atoms with E-state index in [1.54, 1.807) is 14.2 Å². The highest BCUT2D eigenvalue weighted by Crippen LogP contribution is 2.53. The van der Waals surface area contributed by atoms with Crippen molar-refractivity contribution in [1.29, 1.82) is 0 Å². The van der Waals surface area contributed by atoms with Crippen molar-refractivity contribution >= 4 is 5.91 Å². The summed E-state index contributed by atoms with van der Waals surface area (Å²) in [5.74, 6) is 2.46. The van der Waals surface area contributed by atoms with Gasteiger partial charge in [0.25, 0.3) is 0 Å². The fourth-order valence-electron chi connectivity index (χ4n) is 6.02. The van der Waals surface area contributed by atoms with Crippen LogP contribution in [0.1, 0.15) is 29.5 Å². The first kappa shape index (κ1) is 19.4. The molecule has 2 fully saturated rings. The van der Waals surface area contributed by atoms with Gasteiger partial charge in [-0.25, -0.2) is 0 Å². The lowest BCUT2D eigenvalue weighted by molar-refractivity contribution is -0.144. The molecule has 0 saturated carbocycles. The minimum Gasteiger partial charge on any atom is -0.497 e. The molecule has 5 heteroatoms. The molecule has 3 aliphatic rings. The van der Waals surface area contributed by atoms with Crippen molar-refractivity contribution in [2.24, 2.45) is 5.92 Å². The van der Waals surface area contributed by atoms with E-state index in [0.717, 1.165) is 43.0 Å². The Bertz CT molecular complexity index is 957. The van der Waals surface area contributed by atoms with Gasteiger partial charge in [0.1, 0.15) is 11.5 Å². The van der Waals surface area contributed by atoms with Crippen LogP contribution in [0, 0.1) is 5.92 Å². The summed E-state index contributed by atoms with van der Waals surface area (Å²) in [4.78, 5) is 18.0. The molecular weight excluding hydrogens is 376 g/mol. The van der Waals surface area contributed by atoms with Gasteiger partial charge in [0.2, 0.25) is 5.91 Å². The molecule has 2 saturated heterocycles. The lowest BCUT2D eigenvalue weighted by Gasteiger charge is -2.59. The van der Waals surface area contributed by atoms with Gasteiger partial charge in [-0.2, -0.15) is 0 Å². The highest BCUT2D eigenvalue weighted by molar-refractivity contribution is 5.80. The van der Waals surface area contributed by atoms with Gasteiger partial charge in [-0.15, -0.1) is 0 Å². The standard InChI is InChI=1S/C25H30N2O3/c1-26-11-10-25-14-24(28)27(15-17-4-7-19(29-2)8-5-17)16-22(25)23(26)12-18-6-9-20(30-3)13-21(18)25/h4-9,13,22-23H,10-12,14-16H2,1-3H3/t22-,23+,25+/m0/s1. The lowest BCUT2D eigenvalue weighted by atomic mass is 9.54. The molecule has 2 aliphatic heterocycles. The van der Waals surface area contributed by atoms with Gasteiger partial charge in [-0.1, -0.05) is 18.2 Å². The molecule has 3 atom stereocenters. The zero-order chi connectivity index (χ0) is 20.9. The van der Waals surface area contributed by atoms with E-state index in [2.05, 4.69) is 47.2 Å². The molecule has 2 aromatic carbocycles. The van der Waals surface area contributed by atoms with E-state index in [-0.39, 0.29) is 11.3 Å². The molecule has 0 spiro atoms. The fourth-order valence-corrected chi connectivity index (χ4v) is 6.02. The van der Waals surface area contributed by atoms with Gasteiger partial charge in [0, 0.05) is 36.9 Å². The van der Waals surface area contributed by atoms with Crippen molar-refractivity contribution in [2.75, 3.05) is 34.4 Å². The summed E-state index contributed by atoms with van der Waals surface area (Å²) in [6, 6.07) is 15.0. The van der Waals surface area contributed by atoms with Crippen LogP contribution in [0.4, 0.5) is 0 Å². The van der Waals surface area contributed by atoms with E-state index < -0.39 is 0 Å². The number of carbonyl (C=O) groups is 1. The highest BCUT2D eigenvalue weighted by atomic mass is 16.5. The molecule has 0 unspecified atom stereocenters. The van der Waals surface area contributed by atoms with Crippen LogP contribution in [0.2, 0.25) is 0 Å². The Morgan fingerprint density at radius 1 is 1.07 bits per heavy atom. The summed E-state index contributed by atoms with van der Waals surface area (Å²) < 4.78 is 10.8. The quantitative estimate of drug-likeness (QED) is 0.782. The summed E-state index contributed by atoms with van der Waals surface area (Å²) in [5, 5.41) is 0. The molecule has 158 valence electrons. The number of likely N-dealkylation sites (N-methyl/N-ethyl adjacent to an activating group) is 1. The first-order valence-electron chi connectivity index (χ1n) is 10.8. The Morgan fingerprint density at radius 3 is 2.53 bits per heavy atom. The van der Waals surface area contributed by atoms with Gasteiger partial charge >= 0.3 is 0 Å². The third kappa shape index (κ3) is 2.99. The molecule has 5 nitrogen and oxygen atoms in total. The highest BCUT2D eigenvalue weighted by Gasteiger charge is 2.56. The Balaban J connectivity index is 1.48. The van der Waals surface area contributed by atoms with Gasteiger partial charge in [-0.05, 0) is 67.4 Å². The third-order valence-electron chi connectivity index (χ3n) is 7.70. The minimum atomic E-state index is -0.0627. The molecule has 2 bridgehead atoms. The van der Waals surface area contributed by atoms with Gasteiger partial charge in [0.05, 0.1) is 14.2 Å². The average molecular weight is 407 g/mol. The van der Waals surface area contributed by atoms with Crippen LogP contribution in [0.3, 0.4) is 0 Å². The van der Waals surface area contributed by atoms with Crippen molar-refractivity contribution < 1.29 is 14.3 Å². The van der Waals surface area contributed by atoms with Crippen LogP contribution in [-0.2, 0) is 23.2 Å². The normalized spacial score (nSPS) is 28.0. The Labute approximate surface area is 178 Å². The Morgan fingerprint density at radius 2 is 1.80 bits per heavy atom. The Hall–Kier alpha value is -2.53. The van der Waals surface area contributed by atoms with E-state index in [4.69, 9.17) is 9.47 Å². The number of hydrogen-bond donors (Lipinski definition) is 0. The first-order chi connectivity index (χ1) is 14.5. The predicted octanol–water partition coefficient (Wildman–Crippen LogP) is 3.25. The summed E-state index contributed by atoms with van der Waals surface area (Å²) in [7, 11) is 5.64. The molecule has 0 radical (unpaired) electrons.